The standard InChI is InChI=1S/C21H26O3.C19H22O5.C3H3F3O2.3CH4/c1-14-12-16(3)20-18(13-14)10-6-5-8-15(2)19(22)11-7-9-17(4)24-21(20)23;1-12-10-14-7-3-4-8-15(20)16(21)9-5-6-13(2)24-19(23)18(14)17(22)11-12;4-3(5,6)2(8)1-7;;;/h6-7,10-13,15,17H,5,8-9H2,1-4H3;3,5,7,9-11,13,15,20,22H,4,6,8H2,1-2H3;7H,1H2;3*1H4/b10-6?,11-7-;7-3?,9-5-;;;;/t15-,17-;13-,15-;;;;/m00..../s1. The lowest BCUT2D eigenvalue weighted by molar-refractivity contribution is -0.173. The molecular weight excluding hydrogens is 769 g/mol. The highest BCUT2D eigenvalue weighted by Crippen LogP contribution is 2.27. The van der Waals surface area contributed by atoms with Crippen LogP contribution in [0.15, 0.2) is 60.7 Å². The van der Waals surface area contributed by atoms with Gasteiger partial charge in [0.1, 0.15) is 36.2 Å². The molecule has 3 N–H and O–H groups in total. The van der Waals surface area contributed by atoms with Crippen LogP contribution in [0.3, 0.4) is 0 Å². The number of aryl methyl sites for hydroxylation is 3. The van der Waals surface area contributed by atoms with Gasteiger partial charge in [-0.1, -0.05) is 89.4 Å². The van der Waals surface area contributed by atoms with Crippen molar-refractivity contribution in [2.45, 2.75) is 127 Å². The SMILES string of the molecule is C.C.C.Cc1cc(C)c2c(c1)C=CCC[C@H](C)C(=O)/C=C\C[C@H](C)OC2=O.Cc1cc(O)c2c(c1)C=CCC[C@H](O)C(=O)/C=C\C[C@H](C)OC2=O.O=C(CO)C(F)(F)F. The van der Waals surface area contributed by atoms with Crippen LogP contribution in [0.5, 0.6) is 5.75 Å². The fourth-order valence-corrected chi connectivity index (χ4v) is 5.56. The number of phenols is 1. The number of aliphatic hydroxyl groups is 2. The zero-order valence-corrected chi connectivity index (χ0v) is 32.5. The average Bonchev–Trinajstić information content (AvgIpc) is 3.09. The third kappa shape index (κ3) is 19.0. The number of benzene rings is 2. The Labute approximate surface area is 347 Å². The molecular formula is C46H63F3O10. The lowest BCUT2D eigenvalue weighted by Crippen LogP contribution is -2.25. The van der Waals surface area contributed by atoms with Crippen LogP contribution in [-0.2, 0) is 23.9 Å². The normalized spacial score (nSPS) is 21.1. The molecule has 2 aliphatic heterocycles. The van der Waals surface area contributed by atoms with Crippen LogP contribution in [0.4, 0.5) is 13.2 Å². The number of aromatic hydroxyl groups is 1. The molecule has 4 rings (SSSR count). The molecule has 0 radical (unpaired) electrons. The van der Waals surface area contributed by atoms with Crippen molar-refractivity contribution in [1.29, 1.82) is 0 Å². The van der Waals surface area contributed by atoms with Gasteiger partial charge in [-0.05, 0) is 101 Å². The molecule has 0 saturated heterocycles. The second-order valence-corrected chi connectivity index (χ2v) is 13.8. The first kappa shape index (κ1) is 56.0. The molecule has 59 heavy (non-hydrogen) atoms. The van der Waals surface area contributed by atoms with Crippen molar-refractivity contribution in [1.82, 2.24) is 0 Å². The van der Waals surface area contributed by atoms with Gasteiger partial charge in [-0.2, -0.15) is 13.2 Å². The maximum atomic E-state index is 12.6. The number of aliphatic hydroxyl groups excluding tert-OH is 2. The van der Waals surface area contributed by atoms with E-state index < -0.39 is 36.7 Å². The number of esters is 2. The van der Waals surface area contributed by atoms with Gasteiger partial charge in [0.25, 0.3) is 5.78 Å². The van der Waals surface area contributed by atoms with Gasteiger partial charge >= 0.3 is 18.1 Å². The Kier molecular flexibility index (Phi) is 25.4. The molecule has 2 aliphatic rings. The summed E-state index contributed by atoms with van der Waals surface area (Å²) in [5.41, 5.74) is 5.06. The van der Waals surface area contributed by atoms with Gasteiger partial charge in [-0.25, -0.2) is 9.59 Å². The van der Waals surface area contributed by atoms with E-state index in [4.69, 9.17) is 14.6 Å². The Morgan fingerprint density at radius 2 is 1.15 bits per heavy atom. The van der Waals surface area contributed by atoms with E-state index >= 15 is 0 Å². The number of ether oxygens (including phenoxy) is 2. The molecule has 0 unspecified atom stereocenters. The summed E-state index contributed by atoms with van der Waals surface area (Å²) >= 11 is 0. The number of cyclic esters (lactones) is 2. The van der Waals surface area contributed by atoms with Crippen molar-refractivity contribution in [2.24, 2.45) is 5.92 Å². The van der Waals surface area contributed by atoms with Crippen molar-refractivity contribution >= 4 is 41.4 Å². The minimum absolute atomic E-state index is 0. The fourth-order valence-electron chi connectivity index (χ4n) is 5.56. The molecule has 2 heterocycles. The molecule has 0 fully saturated rings. The summed E-state index contributed by atoms with van der Waals surface area (Å²) in [5.74, 6) is -3.35. The minimum Gasteiger partial charge on any atom is -0.507 e. The molecule has 4 atom stereocenters. The summed E-state index contributed by atoms with van der Waals surface area (Å²) in [5, 5.41) is 27.6. The van der Waals surface area contributed by atoms with Gasteiger partial charge in [0.2, 0.25) is 0 Å². The highest BCUT2D eigenvalue weighted by Gasteiger charge is 2.37. The zero-order valence-electron chi connectivity index (χ0n) is 32.5. The molecule has 0 aromatic heterocycles. The topological polar surface area (TPSA) is 164 Å². The number of ketones is 3. The Morgan fingerprint density at radius 3 is 1.64 bits per heavy atom. The third-order valence-electron chi connectivity index (χ3n) is 8.57. The number of carbonyl (C=O) groups excluding carboxylic acids is 5. The van der Waals surface area contributed by atoms with E-state index in [9.17, 15) is 47.4 Å². The first-order valence-electron chi connectivity index (χ1n) is 18.2. The molecule has 0 spiro atoms. The summed E-state index contributed by atoms with van der Waals surface area (Å²) in [6.45, 7) is 9.82. The van der Waals surface area contributed by atoms with Crippen molar-refractivity contribution < 1.29 is 61.9 Å². The number of hydrogen-bond acceptors (Lipinski definition) is 10. The van der Waals surface area contributed by atoms with Crippen LogP contribution >= 0.6 is 0 Å². The maximum absolute atomic E-state index is 12.6. The van der Waals surface area contributed by atoms with Crippen LogP contribution in [0.25, 0.3) is 12.2 Å². The number of rotatable bonds is 1. The number of carbonyl (C=O) groups is 5. The summed E-state index contributed by atoms with van der Waals surface area (Å²) in [4.78, 5) is 58.2. The lowest BCUT2D eigenvalue weighted by Gasteiger charge is -2.16. The van der Waals surface area contributed by atoms with Crippen molar-refractivity contribution in [2.75, 3.05) is 6.61 Å². The molecule has 328 valence electrons. The summed E-state index contributed by atoms with van der Waals surface area (Å²) in [6.07, 6.45) is 10.4. The Hall–Kier alpha value is -5.14. The second-order valence-electron chi connectivity index (χ2n) is 13.8. The Morgan fingerprint density at radius 1 is 0.695 bits per heavy atom. The van der Waals surface area contributed by atoms with Crippen molar-refractivity contribution in [3.63, 3.8) is 0 Å². The average molecular weight is 833 g/mol. The molecule has 13 heteroatoms. The van der Waals surface area contributed by atoms with E-state index in [2.05, 4.69) is 0 Å². The number of hydrogen-bond donors (Lipinski definition) is 3. The Balaban J connectivity index is 0. The molecule has 10 nitrogen and oxygen atoms in total. The van der Waals surface area contributed by atoms with Gasteiger partial charge < -0.3 is 24.8 Å². The zero-order chi connectivity index (χ0) is 42.2. The molecule has 2 aromatic rings. The second kappa shape index (κ2) is 26.8. The first-order chi connectivity index (χ1) is 26.2. The van der Waals surface area contributed by atoms with Crippen LogP contribution in [0.1, 0.15) is 130 Å². The predicted molar refractivity (Wildman–Crippen MR) is 226 cm³/mol. The smallest absolute Gasteiger partial charge is 0.452 e. The fraction of sp³-hybridized carbons (Fsp3) is 0.457. The predicted octanol–water partition coefficient (Wildman–Crippen LogP) is 9.75. The number of fused-ring (bicyclic) bond motifs is 2. The third-order valence-corrected chi connectivity index (χ3v) is 8.57. The molecule has 0 aliphatic carbocycles. The summed E-state index contributed by atoms with van der Waals surface area (Å²) < 4.78 is 43.7. The minimum atomic E-state index is -4.88. The van der Waals surface area contributed by atoms with E-state index in [0.717, 1.165) is 35.1 Å². The van der Waals surface area contributed by atoms with Crippen LogP contribution in [-0.4, -0.2) is 75.7 Å². The maximum Gasteiger partial charge on any atom is 0.452 e. The van der Waals surface area contributed by atoms with E-state index in [1.807, 2.05) is 58.9 Å². The number of phenolic OH excluding ortho intramolecular Hbond substituents is 1. The Bertz CT molecular complexity index is 1720. The van der Waals surface area contributed by atoms with Crippen LogP contribution in [0.2, 0.25) is 0 Å². The van der Waals surface area contributed by atoms with E-state index in [-0.39, 0.29) is 63.2 Å². The highest BCUT2D eigenvalue weighted by atomic mass is 19.4. The van der Waals surface area contributed by atoms with Crippen LogP contribution in [0, 0.1) is 26.7 Å². The number of allylic oxidation sites excluding steroid dienone is 3. The molecule has 0 saturated carbocycles. The van der Waals surface area contributed by atoms with Crippen molar-refractivity contribution in [3.8, 4) is 5.75 Å². The molecule has 0 amide bonds. The van der Waals surface area contributed by atoms with Gasteiger partial charge in [0.05, 0.1) is 5.56 Å². The highest BCUT2D eigenvalue weighted by molar-refractivity contribution is 5.97. The van der Waals surface area contributed by atoms with Crippen molar-refractivity contribution in [3.05, 3.63) is 99.7 Å². The van der Waals surface area contributed by atoms with Gasteiger partial charge in [-0.15, -0.1) is 0 Å². The van der Waals surface area contributed by atoms with Gasteiger partial charge in [0.15, 0.2) is 11.6 Å². The van der Waals surface area contributed by atoms with E-state index in [1.165, 1.54) is 12.1 Å². The summed E-state index contributed by atoms with van der Waals surface area (Å²) in [7, 11) is 0. The van der Waals surface area contributed by atoms with E-state index in [0.29, 0.717) is 36.8 Å². The van der Waals surface area contributed by atoms with E-state index in [1.54, 1.807) is 43.4 Å². The molecule has 2 aromatic carbocycles. The molecule has 0 bridgehead atoms. The lowest BCUT2D eigenvalue weighted by atomic mass is 9.96. The number of Topliss-reactive ketones (excluding diaryl/α,β-unsaturated/α-hetero) is 1. The number of alkyl halides is 3. The van der Waals surface area contributed by atoms with Crippen LogP contribution < -0.4 is 0 Å². The quantitative estimate of drug-likeness (QED) is 0.236. The van der Waals surface area contributed by atoms with Gasteiger partial charge in [0, 0.05) is 18.8 Å². The number of halogens is 3. The summed E-state index contributed by atoms with van der Waals surface area (Å²) in [6, 6.07) is 7.31. The first-order valence-corrected chi connectivity index (χ1v) is 18.2. The monoisotopic (exact) mass is 832 g/mol. The van der Waals surface area contributed by atoms with Gasteiger partial charge in [-0.3, -0.25) is 14.4 Å². The largest absolute Gasteiger partial charge is 0.507 e.